The number of ether oxygens (including phenoxy) is 1. The van der Waals surface area contributed by atoms with E-state index in [2.05, 4.69) is 10.4 Å². The van der Waals surface area contributed by atoms with Gasteiger partial charge in [0.15, 0.2) is 11.5 Å². The molecule has 0 atom stereocenters. The molecule has 0 saturated carbocycles. The lowest BCUT2D eigenvalue weighted by molar-refractivity contribution is 0.369. The van der Waals surface area contributed by atoms with Gasteiger partial charge in [-0.1, -0.05) is 12.1 Å². The Morgan fingerprint density at radius 2 is 2.21 bits per heavy atom. The van der Waals surface area contributed by atoms with Crippen molar-refractivity contribution < 1.29 is 9.84 Å². The molecule has 0 saturated heterocycles. The quantitative estimate of drug-likeness (QED) is 0.773. The first-order chi connectivity index (χ1) is 9.20. The highest BCUT2D eigenvalue weighted by atomic mass is 16.5. The van der Waals surface area contributed by atoms with Crippen LogP contribution >= 0.6 is 0 Å². The Balaban J connectivity index is 1.82. The number of aromatic hydroxyl groups is 1. The van der Waals surface area contributed by atoms with Gasteiger partial charge in [0.25, 0.3) is 0 Å². The monoisotopic (exact) mass is 261 g/mol. The first-order valence-corrected chi connectivity index (χ1v) is 6.25. The molecular weight excluding hydrogens is 242 g/mol. The standard InChI is InChI=1S/C14H19N3O2/c1-17-9-7-12(16-17)6-8-15-10-11-4-3-5-13(19-2)14(11)18/h3-5,7,9,15,18H,6,8,10H2,1-2H3. The number of nitrogens with zero attached hydrogens (tertiary/aromatic N) is 2. The molecule has 0 unspecified atom stereocenters. The molecule has 102 valence electrons. The molecule has 19 heavy (non-hydrogen) atoms. The number of rotatable bonds is 6. The Labute approximate surface area is 112 Å². The zero-order valence-electron chi connectivity index (χ0n) is 11.3. The van der Waals surface area contributed by atoms with Crippen LogP contribution in [0, 0.1) is 0 Å². The molecule has 1 heterocycles. The van der Waals surface area contributed by atoms with Crippen molar-refractivity contribution >= 4 is 0 Å². The number of hydrogen-bond donors (Lipinski definition) is 2. The average Bonchev–Trinajstić information content (AvgIpc) is 2.82. The van der Waals surface area contributed by atoms with Crippen molar-refractivity contribution in [1.82, 2.24) is 15.1 Å². The third kappa shape index (κ3) is 3.48. The summed E-state index contributed by atoms with van der Waals surface area (Å²) in [5, 5.41) is 17.5. The van der Waals surface area contributed by atoms with Gasteiger partial charge in [0.2, 0.25) is 0 Å². The molecule has 0 amide bonds. The molecule has 5 heteroatoms. The van der Waals surface area contributed by atoms with Crippen molar-refractivity contribution in [3.63, 3.8) is 0 Å². The fourth-order valence-electron chi connectivity index (χ4n) is 1.91. The molecule has 1 aromatic heterocycles. The summed E-state index contributed by atoms with van der Waals surface area (Å²) in [4.78, 5) is 0. The van der Waals surface area contributed by atoms with E-state index in [-0.39, 0.29) is 5.75 Å². The number of phenolic OH excluding ortho intramolecular Hbond substituents is 1. The van der Waals surface area contributed by atoms with Gasteiger partial charge in [0.05, 0.1) is 12.8 Å². The second kappa shape index (κ2) is 6.24. The molecule has 0 bridgehead atoms. The van der Waals surface area contributed by atoms with E-state index in [1.165, 1.54) is 0 Å². The van der Waals surface area contributed by atoms with Crippen molar-refractivity contribution in [3.05, 3.63) is 41.7 Å². The number of aromatic nitrogens is 2. The third-order valence-corrected chi connectivity index (χ3v) is 2.94. The Kier molecular flexibility index (Phi) is 4.41. The summed E-state index contributed by atoms with van der Waals surface area (Å²) in [5.74, 6) is 0.708. The number of aryl methyl sites for hydroxylation is 1. The van der Waals surface area contributed by atoms with Crippen molar-refractivity contribution in [2.45, 2.75) is 13.0 Å². The van der Waals surface area contributed by atoms with E-state index in [4.69, 9.17) is 4.74 Å². The highest BCUT2D eigenvalue weighted by Crippen LogP contribution is 2.28. The lowest BCUT2D eigenvalue weighted by Crippen LogP contribution is -2.17. The van der Waals surface area contributed by atoms with Gasteiger partial charge in [0, 0.05) is 38.3 Å². The van der Waals surface area contributed by atoms with Crippen LogP contribution in [-0.2, 0) is 20.0 Å². The van der Waals surface area contributed by atoms with Gasteiger partial charge in [-0.15, -0.1) is 0 Å². The smallest absolute Gasteiger partial charge is 0.162 e. The zero-order chi connectivity index (χ0) is 13.7. The summed E-state index contributed by atoms with van der Waals surface area (Å²) in [6.07, 6.45) is 2.80. The number of nitrogens with one attached hydrogen (secondary N) is 1. The summed E-state index contributed by atoms with van der Waals surface area (Å²) in [5.41, 5.74) is 1.89. The maximum atomic E-state index is 9.93. The van der Waals surface area contributed by atoms with Gasteiger partial charge in [-0.25, -0.2) is 0 Å². The zero-order valence-corrected chi connectivity index (χ0v) is 11.3. The minimum absolute atomic E-state index is 0.204. The van der Waals surface area contributed by atoms with Gasteiger partial charge in [-0.3, -0.25) is 4.68 Å². The van der Waals surface area contributed by atoms with E-state index in [0.717, 1.165) is 24.2 Å². The van der Waals surface area contributed by atoms with E-state index in [0.29, 0.717) is 12.3 Å². The highest BCUT2D eigenvalue weighted by molar-refractivity contribution is 5.45. The van der Waals surface area contributed by atoms with Crippen molar-refractivity contribution in [3.8, 4) is 11.5 Å². The molecule has 0 spiro atoms. The Hall–Kier alpha value is -2.01. The van der Waals surface area contributed by atoms with E-state index < -0.39 is 0 Å². The molecule has 0 aliphatic carbocycles. The fraction of sp³-hybridized carbons (Fsp3) is 0.357. The maximum Gasteiger partial charge on any atom is 0.162 e. The lowest BCUT2D eigenvalue weighted by Gasteiger charge is -2.09. The summed E-state index contributed by atoms with van der Waals surface area (Å²) < 4.78 is 6.87. The predicted octanol–water partition coefficient (Wildman–Crippen LogP) is 1.47. The second-order valence-electron chi connectivity index (χ2n) is 4.38. The second-order valence-corrected chi connectivity index (χ2v) is 4.38. The van der Waals surface area contributed by atoms with Gasteiger partial charge in [-0.05, 0) is 12.1 Å². The average molecular weight is 261 g/mol. The topological polar surface area (TPSA) is 59.3 Å². The van der Waals surface area contributed by atoms with Crippen LogP contribution in [0.2, 0.25) is 0 Å². The van der Waals surface area contributed by atoms with E-state index in [1.54, 1.807) is 17.9 Å². The first kappa shape index (κ1) is 13.4. The third-order valence-electron chi connectivity index (χ3n) is 2.94. The van der Waals surface area contributed by atoms with Crippen LogP contribution in [0.15, 0.2) is 30.5 Å². The SMILES string of the molecule is COc1cccc(CNCCc2ccn(C)n2)c1O. The Morgan fingerprint density at radius 1 is 1.37 bits per heavy atom. The largest absolute Gasteiger partial charge is 0.504 e. The number of para-hydroxylation sites is 1. The van der Waals surface area contributed by atoms with Crippen molar-refractivity contribution in [2.24, 2.45) is 7.05 Å². The number of methoxy groups -OCH3 is 1. The first-order valence-electron chi connectivity index (χ1n) is 6.25. The van der Waals surface area contributed by atoms with Gasteiger partial charge in [-0.2, -0.15) is 5.10 Å². The van der Waals surface area contributed by atoms with Gasteiger partial charge >= 0.3 is 0 Å². The summed E-state index contributed by atoms with van der Waals surface area (Å²) >= 11 is 0. The molecule has 1 aromatic carbocycles. The molecule has 5 nitrogen and oxygen atoms in total. The normalized spacial score (nSPS) is 10.6. The highest BCUT2D eigenvalue weighted by Gasteiger charge is 2.06. The van der Waals surface area contributed by atoms with E-state index >= 15 is 0 Å². The predicted molar refractivity (Wildman–Crippen MR) is 73.3 cm³/mol. The molecule has 0 fully saturated rings. The van der Waals surface area contributed by atoms with Crippen LogP contribution in [0.3, 0.4) is 0 Å². The number of benzene rings is 1. The summed E-state index contributed by atoms with van der Waals surface area (Å²) in [7, 11) is 3.46. The Bertz CT molecular complexity index is 537. The molecule has 2 rings (SSSR count). The molecular formula is C14H19N3O2. The molecule has 0 aliphatic rings. The van der Waals surface area contributed by atoms with E-state index in [1.807, 2.05) is 31.4 Å². The minimum Gasteiger partial charge on any atom is -0.504 e. The molecule has 2 N–H and O–H groups in total. The fourth-order valence-corrected chi connectivity index (χ4v) is 1.91. The van der Waals surface area contributed by atoms with Crippen LogP contribution in [0.25, 0.3) is 0 Å². The van der Waals surface area contributed by atoms with Crippen LogP contribution < -0.4 is 10.1 Å². The van der Waals surface area contributed by atoms with Crippen LogP contribution in [0.1, 0.15) is 11.3 Å². The van der Waals surface area contributed by atoms with Crippen LogP contribution in [0.5, 0.6) is 11.5 Å². The van der Waals surface area contributed by atoms with Crippen LogP contribution in [0.4, 0.5) is 0 Å². The van der Waals surface area contributed by atoms with Crippen molar-refractivity contribution in [1.29, 1.82) is 0 Å². The maximum absolute atomic E-state index is 9.93. The van der Waals surface area contributed by atoms with Crippen LogP contribution in [-0.4, -0.2) is 28.5 Å². The lowest BCUT2D eigenvalue weighted by atomic mass is 10.2. The molecule has 0 aliphatic heterocycles. The van der Waals surface area contributed by atoms with E-state index in [9.17, 15) is 5.11 Å². The minimum atomic E-state index is 0.204. The molecule has 2 aromatic rings. The van der Waals surface area contributed by atoms with Crippen molar-refractivity contribution in [2.75, 3.05) is 13.7 Å². The summed E-state index contributed by atoms with van der Waals surface area (Å²) in [6, 6.07) is 7.50. The number of phenols is 1. The van der Waals surface area contributed by atoms with Gasteiger partial charge in [0.1, 0.15) is 0 Å². The number of hydrogen-bond acceptors (Lipinski definition) is 4. The Morgan fingerprint density at radius 3 is 2.89 bits per heavy atom. The summed E-state index contributed by atoms with van der Waals surface area (Å²) in [6.45, 7) is 1.42. The van der Waals surface area contributed by atoms with Gasteiger partial charge < -0.3 is 15.2 Å². The molecule has 0 radical (unpaired) electrons.